The molecule has 1 aliphatic carbocycles. The van der Waals surface area contributed by atoms with E-state index in [-0.39, 0.29) is 30.7 Å². The molecule has 23 heavy (non-hydrogen) atoms. The Kier molecular flexibility index (Phi) is 7.11. The molecule has 3 amide bonds. The Morgan fingerprint density at radius 2 is 1.96 bits per heavy atom. The fourth-order valence-electron chi connectivity index (χ4n) is 2.95. The zero-order valence-corrected chi connectivity index (χ0v) is 13.8. The Morgan fingerprint density at radius 3 is 2.57 bits per heavy atom. The van der Waals surface area contributed by atoms with Gasteiger partial charge in [0.15, 0.2) is 0 Å². The number of aliphatic hydroxyl groups is 1. The van der Waals surface area contributed by atoms with Gasteiger partial charge in [-0.25, -0.2) is 4.79 Å². The summed E-state index contributed by atoms with van der Waals surface area (Å²) in [6.45, 7) is 2.44. The van der Waals surface area contributed by atoms with Crippen LogP contribution in [-0.4, -0.2) is 54.5 Å². The minimum absolute atomic E-state index is 0.0171. The molecule has 1 saturated carbocycles. The summed E-state index contributed by atoms with van der Waals surface area (Å²) in [5, 5.41) is 18.1. The predicted octanol–water partition coefficient (Wildman–Crippen LogP) is 0.663. The van der Waals surface area contributed by atoms with Crippen LogP contribution in [0.15, 0.2) is 0 Å². The molecule has 2 rings (SSSR count). The van der Waals surface area contributed by atoms with E-state index in [1.807, 2.05) is 6.92 Å². The SMILES string of the molecule is CCCNC(=O)N[C@H]1CC[C@H](CC(=O)NC2CCC2)O[C@@H]1CO. The van der Waals surface area contributed by atoms with Crippen molar-refractivity contribution in [2.75, 3.05) is 13.2 Å². The summed E-state index contributed by atoms with van der Waals surface area (Å²) in [7, 11) is 0. The Labute approximate surface area is 137 Å². The van der Waals surface area contributed by atoms with Crippen LogP contribution in [0.4, 0.5) is 4.79 Å². The van der Waals surface area contributed by atoms with E-state index in [1.54, 1.807) is 0 Å². The molecule has 7 heteroatoms. The maximum atomic E-state index is 12.0. The van der Waals surface area contributed by atoms with Crippen LogP contribution in [0.25, 0.3) is 0 Å². The Bertz CT molecular complexity index is 401. The molecule has 4 N–H and O–H groups in total. The summed E-state index contributed by atoms with van der Waals surface area (Å²) >= 11 is 0. The second kappa shape index (κ2) is 9.08. The molecule has 0 aromatic rings. The molecule has 0 radical (unpaired) electrons. The minimum Gasteiger partial charge on any atom is -0.394 e. The molecule has 0 bridgehead atoms. The number of amides is 3. The lowest BCUT2D eigenvalue weighted by Gasteiger charge is -2.36. The van der Waals surface area contributed by atoms with Gasteiger partial charge in [0.1, 0.15) is 6.10 Å². The smallest absolute Gasteiger partial charge is 0.315 e. The summed E-state index contributed by atoms with van der Waals surface area (Å²) in [5.41, 5.74) is 0. The van der Waals surface area contributed by atoms with Gasteiger partial charge in [0.2, 0.25) is 5.91 Å². The van der Waals surface area contributed by atoms with E-state index in [0.29, 0.717) is 31.8 Å². The molecule has 0 aromatic heterocycles. The molecular formula is C16H29N3O4. The van der Waals surface area contributed by atoms with Gasteiger partial charge in [-0.2, -0.15) is 0 Å². The molecule has 1 heterocycles. The summed E-state index contributed by atoms with van der Waals surface area (Å²) in [5.74, 6) is 0.0171. The zero-order chi connectivity index (χ0) is 16.7. The third kappa shape index (κ3) is 5.66. The van der Waals surface area contributed by atoms with Crippen molar-refractivity contribution in [1.82, 2.24) is 16.0 Å². The molecule has 7 nitrogen and oxygen atoms in total. The first-order chi connectivity index (χ1) is 11.1. The van der Waals surface area contributed by atoms with Crippen LogP contribution in [0.3, 0.4) is 0 Å². The van der Waals surface area contributed by atoms with Crippen LogP contribution in [0, 0.1) is 0 Å². The monoisotopic (exact) mass is 327 g/mol. The summed E-state index contributed by atoms with van der Waals surface area (Å²) in [4.78, 5) is 23.7. The maximum absolute atomic E-state index is 12.0. The van der Waals surface area contributed by atoms with Crippen molar-refractivity contribution in [1.29, 1.82) is 0 Å². The van der Waals surface area contributed by atoms with E-state index in [4.69, 9.17) is 4.74 Å². The number of nitrogens with one attached hydrogen (secondary N) is 3. The number of carbonyl (C=O) groups excluding carboxylic acids is 2. The highest BCUT2D eigenvalue weighted by Gasteiger charge is 2.33. The highest BCUT2D eigenvalue weighted by molar-refractivity contribution is 5.77. The third-order valence-corrected chi connectivity index (χ3v) is 4.53. The first-order valence-electron chi connectivity index (χ1n) is 8.72. The van der Waals surface area contributed by atoms with Crippen molar-refractivity contribution in [2.45, 2.75) is 76.2 Å². The Morgan fingerprint density at radius 1 is 1.17 bits per heavy atom. The van der Waals surface area contributed by atoms with E-state index >= 15 is 0 Å². The maximum Gasteiger partial charge on any atom is 0.315 e. The van der Waals surface area contributed by atoms with Gasteiger partial charge in [0, 0.05) is 12.6 Å². The number of aliphatic hydroxyl groups excluding tert-OH is 1. The average Bonchev–Trinajstić information content (AvgIpc) is 2.50. The largest absolute Gasteiger partial charge is 0.394 e. The standard InChI is InChI=1S/C16H29N3O4/c1-2-8-17-16(22)19-13-7-6-12(23-14(13)10-20)9-15(21)18-11-4-3-5-11/h11-14,20H,2-10H2,1H3,(H,18,21)(H2,17,19,22)/t12-,13+,14-/m1/s1. The lowest BCUT2D eigenvalue weighted by atomic mass is 9.92. The molecule has 0 aromatic carbocycles. The van der Waals surface area contributed by atoms with Crippen LogP contribution in [0.2, 0.25) is 0 Å². The topological polar surface area (TPSA) is 99.7 Å². The third-order valence-electron chi connectivity index (χ3n) is 4.53. The van der Waals surface area contributed by atoms with Crippen molar-refractivity contribution < 1.29 is 19.4 Å². The van der Waals surface area contributed by atoms with Crippen molar-refractivity contribution in [3.63, 3.8) is 0 Å². The van der Waals surface area contributed by atoms with Crippen molar-refractivity contribution in [3.8, 4) is 0 Å². The van der Waals surface area contributed by atoms with Gasteiger partial charge in [-0.05, 0) is 38.5 Å². The van der Waals surface area contributed by atoms with Crippen LogP contribution < -0.4 is 16.0 Å². The first kappa shape index (κ1) is 18.0. The van der Waals surface area contributed by atoms with Crippen LogP contribution in [0.5, 0.6) is 0 Å². The number of ether oxygens (including phenoxy) is 1. The van der Waals surface area contributed by atoms with E-state index in [2.05, 4.69) is 16.0 Å². The van der Waals surface area contributed by atoms with E-state index in [0.717, 1.165) is 19.3 Å². The highest BCUT2D eigenvalue weighted by atomic mass is 16.5. The zero-order valence-electron chi connectivity index (χ0n) is 13.8. The van der Waals surface area contributed by atoms with E-state index in [1.165, 1.54) is 6.42 Å². The number of urea groups is 1. The number of carbonyl (C=O) groups is 2. The number of hydrogen-bond donors (Lipinski definition) is 4. The first-order valence-corrected chi connectivity index (χ1v) is 8.72. The average molecular weight is 327 g/mol. The van der Waals surface area contributed by atoms with Gasteiger partial charge >= 0.3 is 6.03 Å². The molecular weight excluding hydrogens is 298 g/mol. The van der Waals surface area contributed by atoms with Crippen molar-refractivity contribution >= 4 is 11.9 Å². The second-order valence-corrected chi connectivity index (χ2v) is 6.46. The lowest BCUT2D eigenvalue weighted by Crippen LogP contribution is -2.54. The molecule has 1 aliphatic heterocycles. The van der Waals surface area contributed by atoms with Gasteiger partial charge in [-0.3, -0.25) is 4.79 Å². The summed E-state index contributed by atoms with van der Waals surface area (Å²) < 4.78 is 5.80. The normalized spacial score (nSPS) is 27.8. The molecule has 2 fully saturated rings. The molecule has 0 unspecified atom stereocenters. The highest BCUT2D eigenvalue weighted by Crippen LogP contribution is 2.23. The van der Waals surface area contributed by atoms with E-state index in [9.17, 15) is 14.7 Å². The second-order valence-electron chi connectivity index (χ2n) is 6.46. The van der Waals surface area contributed by atoms with Crippen LogP contribution in [0.1, 0.15) is 51.9 Å². The fraction of sp³-hybridized carbons (Fsp3) is 0.875. The van der Waals surface area contributed by atoms with Gasteiger partial charge in [-0.15, -0.1) is 0 Å². The minimum atomic E-state index is -0.461. The summed E-state index contributed by atoms with van der Waals surface area (Å²) in [6.07, 6.45) is 5.26. The van der Waals surface area contributed by atoms with Gasteiger partial charge in [-0.1, -0.05) is 6.92 Å². The van der Waals surface area contributed by atoms with Crippen molar-refractivity contribution in [3.05, 3.63) is 0 Å². The van der Waals surface area contributed by atoms with Crippen LogP contribution in [-0.2, 0) is 9.53 Å². The Hall–Kier alpha value is -1.34. The number of rotatable bonds is 7. The summed E-state index contributed by atoms with van der Waals surface area (Å²) in [6, 6.07) is -0.126. The predicted molar refractivity (Wildman–Crippen MR) is 86.0 cm³/mol. The lowest BCUT2D eigenvalue weighted by molar-refractivity contribution is -0.131. The molecule has 1 saturated heterocycles. The van der Waals surface area contributed by atoms with E-state index < -0.39 is 6.10 Å². The molecule has 3 atom stereocenters. The quantitative estimate of drug-likeness (QED) is 0.552. The fourth-order valence-corrected chi connectivity index (χ4v) is 2.95. The van der Waals surface area contributed by atoms with Gasteiger partial charge < -0.3 is 25.8 Å². The molecule has 2 aliphatic rings. The van der Waals surface area contributed by atoms with Crippen LogP contribution >= 0.6 is 0 Å². The van der Waals surface area contributed by atoms with Crippen molar-refractivity contribution in [2.24, 2.45) is 0 Å². The van der Waals surface area contributed by atoms with Gasteiger partial charge in [0.05, 0.1) is 25.2 Å². The molecule has 0 spiro atoms. The number of hydrogen-bond acceptors (Lipinski definition) is 4. The Balaban J connectivity index is 1.73. The molecule has 132 valence electrons. The van der Waals surface area contributed by atoms with Gasteiger partial charge in [0.25, 0.3) is 0 Å².